The van der Waals surface area contributed by atoms with Gasteiger partial charge in [0.1, 0.15) is 11.5 Å². The van der Waals surface area contributed by atoms with Crippen LogP contribution in [0.25, 0.3) is 0 Å². The molecule has 1 atom stereocenters. The number of hydrogen-bond donors (Lipinski definition) is 2. The van der Waals surface area contributed by atoms with E-state index in [1.807, 2.05) is 30.8 Å². The summed E-state index contributed by atoms with van der Waals surface area (Å²) < 4.78 is 12.9. The van der Waals surface area contributed by atoms with E-state index in [1.54, 1.807) is 0 Å². The average molecular weight is 430 g/mol. The van der Waals surface area contributed by atoms with Gasteiger partial charge in [0.05, 0.1) is 19.8 Å². The maximum Gasteiger partial charge on any atom is 0.272 e. The number of nitrogens with one attached hydrogen (secondary N) is 2. The predicted octanol–water partition coefficient (Wildman–Crippen LogP) is 1.81. The molecule has 8 heteroatoms. The molecule has 4 rings (SSSR count). The molecule has 170 valence electrons. The Kier molecular flexibility index (Phi) is 6.50. The molecule has 1 aliphatic carbocycles. The van der Waals surface area contributed by atoms with Crippen LogP contribution in [0.5, 0.6) is 0 Å². The third kappa shape index (κ3) is 5.02. The Balaban J connectivity index is 1.38. The number of nitrogens with zero attached hydrogens (tertiary/aromatic N) is 3. The summed E-state index contributed by atoms with van der Waals surface area (Å²) in [5, 5.41) is 11.3. The molecule has 1 fully saturated rings. The van der Waals surface area contributed by atoms with Crippen LogP contribution in [0.1, 0.15) is 53.5 Å². The van der Waals surface area contributed by atoms with Crippen LogP contribution in [0.4, 0.5) is 0 Å². The summed E-state index contributed by atoms with van der Waals surface area (Å²) in [6.45, 7) is 11.3. The molecule has 0 radical (unpaired) electrons. The van der Waals surface area contributed by atoms with Crippen LogP contribution in [0.15, 0.2) is 16.5 Å². The van der Waals surface area contributed by atoms with Crippen LogP contribution in [0.2, 0.25) is 0 Å². The van der Waals surface area contributed by atoms with E-state index in [1.165, 1.54) is 5.69 Å². The first-order chi connectivity index (χ1) is 14.8. The van der Waals surface area contributed by atoms with Crippen LogP contribution < -0.4 is 10.6 Å². The number of ether oxygens (including phenoxy) is 1. The summed E-state index contributed by atoms with van der Waals surface area (Å²) in [7, 11) is 1.93. The van der Waals surface area contributed by atoms with Gasteiger partial charge in [-0.3, -0.25) is 14.4 Å². The molecule has 2 aromatic heterocycles. The molecule has 31 heavy (non-hydrogen) atoms. The molecule has 1 amide bonds. The van der Waals surface area contributed by atoms with Gasteiger partial charge >= 0.3 is 0 Å². The van der Waals surface area contributed by atoms with Crippen molar-refractivity contribution < 1.29 is 13.9 Å². The maximum absolute atomic E-state index is 12.9. The van der Waals surface area contributed by atoms with Crippen molar-refractivity contribution in [1.82, 2.24) is 25.3 Å². The molecular weight excluding hydrogens is 394 g/mol. The SMILES string of the molecule is Cc1ccc(CNC(=O)c2nn(C)c3c2CC(NCC(C)(C)N2CCOCC2)CC3)o1. The highest BCUT2D eigenvalue weighted by Gasteiger charge is 2.32. The summed E-state index contributed by atoms with van der Waals surface area (Å²) in [5.74, 6) is 1.45. The molecule has 3 heterocycles. The van der Waals surface area contributed by atoms with E-state index in [-0.39, 0.29) is 11.4 Å². The van der Waals surface area contributed by atoms with Crippen molar-refractivity contribution in [3.63, 3.8) is 0 Å². The zero-order chi connectivity index (χ0) is 22.0. The standard InChI is InChI=1S/C23H35N5O3/c1-16-5-7-18(31-16)14-24-22(29)21-19-13-17(6-8-20(19)27(4)26-21)25-15-23(2,3)28-9-11-30-12-10-28/h5,7,17,25H,6,8-15H2,1-4H3,(H,24,29). The third-order valence-electron chi connectivity index (χ3n) is 6.58. The summed E-state index contributed by atoms with van der Waals surface area (Å²) in [6, 6.07) is 4.13. The Hall–Kier alpha value is -2.16. The molecule has 0 aromatic carbocycles. The van der Waals surface area contributed by atoms with Crippen LogP contribution in [0, 0.1) is 6.92 Å². The van der Waals surface area contributed by atoms with E-state index >= 15 is 0 Å². The second kappa shape index (κ2) is 9.14. The smallest absolute Gasteiger partial charge is 0.272 e. The number of hydrogen-bond acceptors (Lipinski definition) is 6. The van der Waals surface area contributed by atoms with Crippen LogP contribution in [-0.2, 0) is 31.2 Å². The maximum atomic E-state index is 12.9. The fraction of sp³-hybridized carbons (Fsp3) is 0.652. The molecule has 1 saturated heterocycles. The van der Waals surface area contributed by atoms with Gasteiger partial charge in [0.2, 0.25) is 0 Å². The molecule has 0 saturated carbocycles. The van der Waals surface area contributed by atoms with Gasteiger partial charge in [0.15, 0.2) is 5.69 Å². The highest BCUT2D eigenvalue weighted by molar-refractivity contribution is 5.94. The summed E-state index contributed by atoms with van der Waals surface area (Å²) in [4.78, 5) is 15.4. The normalized spacial score (nSPS) is 19.9. The van der Waals surface area contributed by atoms with Crippen molar-refractivity contribution in [3.05, 3.63) is 40.6 Å². The molecule has 2 aromatic rings. The first kappa shape index (κ1) is 22.0. The highest BCUT2D eigenvalue weighted by atomic mass is 16.5. The Morgan fingerprint density at radius 1 is 1.29 bits per heavy atom. The molecule has 8 nitrogen and oxygen atoms in total. The monoisotopic (exact) mass is 429 g/mol. The number of amides is 1. The lowest BCUT2D eigenvalue weighted by atomic mass is 9.90. The quantitative estimate of drug-likeness (QED) is 0.698. The number of aromatic nitrogens is 2. The van der Waals surface area contributed by atoms with Gasteiger partial charge in [-0.2, -0.15) is 5.10 Å². The minimum absolute atomic E-state index is 0.0698. The highest BCUT2D eigenvalue weighted by Crippen LogP contribution is 2.25. The minimum Gasteiger partial charge on any atom is -0.465 e. The van der Waals surface area contributed by atoms with Crippen LogP contribution in [-0.4, -0.2) is 65.0 Å². The van der Waals surface area contributed by atoms with Crippen molar-refractivity contribution in [1.29, 1.82) is 0 Å². The van der Waals surface area contributed by atoms with E-state index in [0.717, 1.165) is 69.2 Å². The van der Waals surface area contributed by atoms with E-state index < -0.39 is 0 Å². The molecule has 2 aliphatic rings. The Morgan fingerprint density at radius 2 is 2.06 bits per heavy atom. The third-order valence-corrected chi connectivity index (χ3v) is 6.58. The first-order valence-corrected chi connectivity index (χ1v) is 11.3. The average Bonchev–Trinajstić information content (AvgIpc) is 3.34. The van der Waals surface area contributed by atoms with Crippen molar-refractivity contribution in [2.75, 3.05) is 32.8 Å². The Morgan fingerprint density at radius 3 is 2.77 bits per heavy atom. The number of carbonyl (C=O) groups is 1. The number of rotatable bonds is 7. The first-order valence-electron chi connectivity index (χ1n) is 11.3. The minimum atomic E-state index is -0.139. The van der Waals surface area contributed by atoms with Crippen LogP contribution in [0.3, 0.4) is 0 Å². The fourth-order valence-electron chi connectivity index (χ4n) is 4.65. The van der Waals surface area contributed by atoms with E-state index in [4.69, 9.17) is 9.15 Å². The predicted molar refractivity (Wildman–Crippen MR) is 118 cm³/mol. The zero-order valence-electron chi connectivity index (χ0n) is 19.2. The van der Waals surface area contributed by atoms with Gasteiger partial charge in [-0.25, -0.2) is 0 Å². The Bertz CT molecular complexity index is 910. The molecule has 2 N–H and O–H groups in total. The van der Waals surface area contributed by atoms with E-state index in [2.05, 4.69) is 34.5 Å². The van der Waals surface area contributed by atoms with Gasteiger partial charge in [-0.05, 0) is 52.2 Å². The van der Waals surface area contributed by atoms with Crippen molar-refractivity contribution in [2.24, 2.45) is 7.05 Å². The summed E-state index contributed by atoms with van der Waals surface area (Å²) in [6.07, 6.45) is 2.81. The van der Waals surface area contributed by atoms with E-state index in [9.17, 15) is 4.79 Å². The molecule has 0 bridgehead atoms. The summed E-state index contributed by atoms with van der Waals surface area (Å²) in [5.41, 5.74) is 2.85. The van der Waals surface area contributed by atoms with Gasteiger partial charge in [0.25, 0.3) is 5.91 Å². The second-order valence-electron chi connectivity index (χ2n) is 9.32. The molecule has 1 aliphatic heterocycles. The van der Waals surface area contributed by atoms with E-state index in [0.29, 0.717) is 18.3 Å². The largest absolute Gasteiger partial charge is 0.465 e. The molecule has 0 spiro atoms. The number of furan rings is 1. The second-order valence-corrected chi connectivity index (χ2v) is 9.32. The lowest BCUT2D eigenvalue weighted by Crippen LogP contribution is -2.56. The van der Waals surface area contributed by atoms with Crippen molar-refractivity contribution >= 4 is 5.91 Å². The number of aryl methyl sites for hydroxylation is 2. The number of morpholine rings is 1. The lowest BCUT2D eigenvalue weighted by molar-refractivity contribution is -0.0104. The number of fused-ring (bicyclic) bond motifs is 1. The van der Waals surface area contributed by atoms with Crippen molar-refractivity contribution in [2.45, 2.75) is 58.2 Å². The number of carbonyl (C=O) groups excluding carboxylic acids is 1. The van der Waals surface area contributed by atoms with Crippen LogP contribution >= 0.6 is 0 Å². The Labute approximate surface area is 184 Å². The fourth-order valence-corrected chi connectivity index (χ4v) is 4.65. The lowest BCUT2D eigenvalue weighted by Gasteiger charge is -2.42. The molecule has 1 unspecified atom stereocenters. The van der Waals surface area contributed by atoms with Gasteiger partial charge in [-0.15, -0.1) is 0 Å². The summed E-state index contributed by atoms with van der Waals surface area (Å²) >= 11 is 0. The van der Waals surface area contributed by atoms with Gasteiger partial charge in [0, 0.05) is 49.5 Å². The van der Waals surface area contributed by atoms with Gasteiger partial charge in [-0.1, -0.05) is 0 Å². The van der Waals surface area contributed by atoms with Gasteiger partial charge < -0.3 is 19.8 Å². The van der Waals surface area contributed by atoms with Crippen molar-refractivity contribution in [3.8, 4) is 0 Å². The molecular formula is C23H35N5O3. The zero-order valence-corrected chi connectivity index (χ0v) is 19.2. The topological polar surface area (TPSA) is 84.6 Å².